The van der Waals surface area contributed by atoms with E-state index in [0.717, 1.165) is 17.0 Å². The van der Waals surface area contributed by atoms with Crippen LogP contribution in [0, 0.1) is 0 Å². The van der Waals surface area contributed by atoms with Crippen molar-refractivity contribution in [1.82, 2.24) is 10.2 Å². The Morgan fingerprint density at radius 3 is 2.81 bits per heavy atom. The fraction of sp³-hybridized carbons (Fsp3) is 0.182. The summed E-state index contributed by atoms with van der Waals surface area (Å²) < 4.78 is 5.41. The van der Waals surface area contributed by atoms with Crippen LogP contribution in [-0.2, 0) is 0 Å². The maximum absolute atomic E-state index is 5.54. The summed E-state index contributed by atoms with van der Waals surface area (Å²) in [6.07, 6.45) is 0. The van der Waals surface area contributed by atoms with E-state index < -0.39 is 0 Å². The second kappa shape index (κ2) is 5.42. The number of hydrogen-bond donors (Lipinski definition) is 2. The second-order valence-corrected chi connectivity index (χ2v) is 3.17. The molecular weight excluding hydrogens is 226 g/mol. The lowest BCUT2D eigenvalue weighted by molar-refractivity contribution is 0.340. The number of nitrogen functional groups attached to an aromatic ring is 1. The first kappa shape index (κ1) is 12.4. The first-order chi connectivity index (χ1) is 7.29. The van der Waals surface area contributed by atoms with Crippen LogP contribution in [0.5, 0.6) is 5.75 Å². The lowest BCUT2D eigenvalue weighted by atomic mass is 10.1. The van der Waals surface area contributed by atoms with Crippen molar-refractivity contribution in [2.75, 3.05) is 12.3 Å². The van der Waals surface area contributed by atoms with Gasteiger partial charge in [0, 0.05) is 11.6 Å². The molecule has 0 spiro atoms. The summed E-state index contributed by atoms with van der Waals surface area (Å²) in [5.74, 6) is 1.34. The molecule has 0 unspecified atom stereocenters. The second-order valence-electron chi connectivity index (χ2n) is 3.17. The highest BCUT2D eigenvalue weighted by molar-refractivity contribution is 5.85. The fourth-order valence-electron chi connectivity index (χ4n) is 1.41. The monoisotopic (exact) mass is 239 g/mol. The number of benzene rings is 1. The van der Waals surface area contributed by atoms with Crippen LogP contribution >= 0.6 is 12.4 Å². The van der Waals surface area contributed by atoms with Gasteiger partial charge < -0.3 is 10.5 Å². The average Bonchev–Trinajstić information content (AvgIpc) is 2.66. The SMILES string of the molecule is CCOc1cccc(-c2cc(N)n[nH]2)c1.Cl. The zero-order chi connectivity index (χ0) is 10.7. The van der Waals surface area contributed by atoms with E-state index in [1.807, 2.05) is 31.2 Å². The molecule has 0 aliphatic carbocycles. The normalized spacial score (nSPS) is 9.56. The number of H-pyrrole nitrogens is 1. The number of aromatic amines is 1. The van der Waals surface area contributed by atoms with E-state index >= 15 is 0 Å². The Morgan fingerprint density at radius 2 is 2.19 bits per heavy atom. The number of nitrogens with two attached hydrogens (primary N) is 1. The number of rotatable bonds is 3. The fourth-order valence-corrected chi connectivity index (χ4v) is 1.41. The smallest absolute Gasteiger partial charge is 0.145 e. The molecule has 2 aromatic rings. The third-order valence-corrected chi connectivity index (χ3v) is 2.05. The molecule has 0 bridgehead atoms. The summed E-state index contributed by atoms with van der Waals surface area (Å²) in [5, 5.41) is 6.74. The van der Waals surface area contributed by atoms with Crippen molar-refractivity contribution < 1.29 is 4.74 Å². The Hall–Kier alpha value is -1.68. The zero-order valence-electron chi connectivity index (χ0n) is 8.93. The molecule has 3 N–H and O–H groups in total. The first-order valence-corrected chi connectivity index (χ1v) is 4.83. The Morgan fingerprint density at radius 1 is 1.38 bits per heavy atom. The third-order valence-electron chi connectivity index (χ3n) is 2.05. The van der Waals surface area contributed by atoms with Crippen LogP contribution in [0.4, 0.5) is 5.82 Å². The molecule has 0 amide bonds. The lowest BCUT2D eigenvalue weighted by Gasteiger charge is -2.04. The topological polar surface area (TPSA) is 63.9 Å². The Kier molecular flexibility index (Phi) is 4.19. The number of nitrogens with zero attached hydrogens (tertiary/aromatic N) is 1. The number of halogens is 1. The van der Waals surface area contributed by atoms with Crippen molar-refractivity contribution in [3.63, 3.8) is 0 Å². The highest BCUT2D eigenvalue weighted by atomic mass is 35.5. The van der Waals surface area contributed by atoms with Crippen LogP contribution in [0.3, 0.4) is 0 Å². The van der Waals surface area contributed by atoms with Gasteiger partial charge in [-0.05, 0) is 19.1 Å². The predicted octanol–water partition coefficient (Wildman–Crippen LogP) is 2.48. The van der Waals surface area contributed by atoms with Gasteiger partial charge in [0.15, 0.2) is 0 Å². The molecular formula is C11H14ClN3O. The van der Waals surface area contributed by atoms with Gasteiger partial charge in [-0.2, -0.15) is 5.10 Å². The van der Waals surface area contributed by atoms with Gasteiger partial charge in [0.25, 0.3) is 0 Å². The van der Waals surface area contributed by atoms with Gasteiger partial charge in [0.05, 0.1) is 12.3 Å². The van der Waals surface area contributed by atoms with Gasteiger partial charge in [-0.15, -0.1) is 12.4 Å². The summed E-state index contributed by atoms with van der Waals surface area (Å²) in [4.78, 5) is 0. The molecule has 1 aromatic heterocycles. The molecule has 2 rings (SSSR count). The summed E-state index contributed by atoms with van der Waals surface area (Å²) in [6.45, 7) is 2.62. The van der Waals surface area contributed by atoms with Gasteiger partial charge >= 0.3 is 0 Å². The molecule has 4 nitrogen and oxygen atoms in total. The summed E-state index contributed by atoms with van der Waals surface area (Å²) in [6, 6.07) is 9.60. The van der Waals surface area contributed by atoms with Crippen LogP contribution in [0.1, 0.15) is 6.92 Å². The minimum Gasteiger partial charge on any atom is -0.494 e. The van der Waals surface area contributed by atoms with Crippen molar-refractivity contribution >= 4 is 18.2 Å². The quantitative estimate of drug-likeness (QED) is 0.865. The Labute approximate surface area is 100 Å². The average molecular weight is 240 g/mol. The van der Waals surface area contributed by atoms with Gasteiger partial charge in [-0.1, -0.05) is 12.1 Å². The molecule has 0 radical (unpaired) electrons. The van der Waals surface area contributed by atoms with Crippen molar-refractivity contribution in [2.24, 2.45) is 0 Å². The van der Waals surface area contributed by atoms with Gasteiger partial charge in [0.1, 0.15) is 11.6 Å². The molecule has 0 aliphatic rings. The van der Waals surface area contributed by atoms with Crippen molar-refractivity contribution in [1.29, 1.82) is 0 Å². The predicted molar refractivity (Wildman–Crippen MR) is 66.9 cm³/mol. The zero-order valence-corrected chi connectivity index (χ0v) is 9.75. The summed E-state index contributed by atoms with van der Waals surface area (Å²) in [7, 11) is 0. The molecule has 0 aliphatic heterocycles. The first-order valence-electron chi connectivity index (χ1n) is 4.83. The molecule has 5 heteroatoms. The van der Waals surface area contributed by atoms with Crippen LogP contribution in [0.25, 0.3) is 11.3 Å². The van der Waals surface area contributed by atoms with Gasteiger partial charge in [0.2, 0.25) is 0 Å². The summed E-state index contributed by atoms with van der Waals surface area (Å²) in [5.41, 5.74) is 7.45. The number of ether oxygens (including phenoxy) is 1. The number of aromatic nitrogens is 2. The number of nitrogens with one attached hydrogen (secondary N) is 1. The maximum Gasteiger partial charge on any atom is 0.145 e. The van der Waals surface area contributed by atoms with Crippen LogP contribution in [0.2, 0.25) is 0 Å². The van der Waals surface area contributed by atoms with Crippen molar-refractivity contribution in [3.05, 3.63) is 30.3 Å². The minimum atomic E-state index is 0. The van der Waals surface area contributed by atoms with Gasteiger partial charge in [-0.25, -0.2) is 0 Å². The van der Waals surface area contributed by atoms with Crippen LogP contribution in [-0.4, -0.2) is 16.8 Å². The van der Waals surface area contributed by atoms with E-state index in [1.165, 1.54) is 0 Å². The van der Waals surface area contributed by atoms with Gasteiger partial charge in [-0.3, -0.25) is 5.10 Å². The third kappa shape index (κ3) is 2.67. The van der Waals surface area contributed by atoms with Crippen LogP contribution < -0.4 is 10.5 Å². The molecule has 0 saturated heterocycles. The molecule has 0 saturated carbocycles. The van der Waals surface area contributed by atoms with E-state index in [-0.39, 0.29) is 12.4 Å². The van der Waals surface area contributed by atoms with E-state index in [9.17, 15) is 0 Å². The molecule has 1 aromatic carbocycles. The molecule has 1 heterocycles. The molecule has 86 valence electrons. The lowest BCUT2D eigenvalue weighted by Crippen LogP contribution is -1.91. The van der Waals surface area contributed by atoms with Crippen molar-refractivity contribution in [3.8, 4) is 17.0 Å². The van der Waals surface area contributed by atoms with E-state index in [1.54, 1.807) is 6.07 Å². The Balaban J connectivity index is 0.00000128. The summed E-state index contributed by atoms with van der Waals surface area (Å²) >= 11 is 0. The van der Waals surface area contributed by atoms with E-state index in [0.29, 0.717) is 12.4 Å². The largest absolute Gasteiger partial charge is 0.494 e. The minimum absolute atomic E-state index is 0. The standard InChI is InChI=1S/C11H13N3O.ClH/c1-2-15-9-5-3-4-8(6-9)10-7-11(12)14-13-10;/h3-7H,2H2,1H3,(H3,12,13,14);1H. The number of hydrogen-bond acceptors (Lipinski definition) is 3. The van der Waals surface area contributed by atoms with E-state index in [4.69, 9.17) is 10.5 Å². The number of anilines is 1. The van der Waals surface area contributed by atoms with Crippen molar-refractivity contribution in [2.45, 2.75) is 6.92 Å². The molecule has 16 heavy (non-hydrogen) atoms. The molecule has 0 fully saturated rings. The van der Waals surface area contributed by atoms with E-state index in [2.05, 4.69) is 10.2 Å². The highest BCUT2D eigenvalue weighted by Gasteiger charge is 2.02. The Bertz CT molecular complexity index is 456. The maximum atomic E-state index is 5.54. The van der Waals surface area contributed by atoms with Crippen LogP contribution in [0.15, 0.2) is 30.3 Å². The molecule has 0 atom stereocenters. The highest BCUT2D eigenvalue weighted by Crippen LogP contribution is 2.23.